The van der Waals surface area contributed by atoms with Crippen molar-refractivity contribution < 1.29 is 15.0 Å². The predicted molar refractivity (Wildman–Crippen MR) is 129 cm³/mol. The lowest BCUT2D eigenvalue weighted by Crippen LogP contribution is -2.45. The molecule has 4 nitrogen and oxygen atoms in total. The normalized spacial score (nSPS) is 13.3. The number of carbonyl (C=O) groups is 1. The molecule has 0 saturated heterocycles. The lowest BCUT2D eigenvalue weighted by Gasteiger charge is -2.22. The Labute approximate surface area is 187 Å². The summed E-state index contributed by atoms with van der Waals surface area (Å²) >= 11 is 0. The minimum absolute atomic E-state index is 0.0463. The fraction of sp³-hybridized carbons (Fsp3) is 0.962. The maximum Gasteiger partial charge on any atom is 0.220 e. The molecule has 0 aromatic heterocycles. The van der Waals surface area contributed by atoms with Crippen LogP contribution in [0.2, 0.25) is 0 Å². The SMILES string of the molecule is CCCCCCCCCCCCCCC[C@H](O)[C@@H](CO)NC(=O)CCCCCCC. The van der Waals surface area contributed by atoms with E-state index >= 15 is 0 Å². The van der Waals surface area contributed by atoms with Crippen molar-refractivity contribution in [3.05, 3.63) is 0 Å². The van der Waals surface area contributed by atoms with Crippen molar-refractivity contribution in [2.45, 2.75) is 154 Å². The zero-order chi connectivity index (χ0) is 22.3. The Morgan fingerprint density at radius 2 is 1.07 bits per heavy atom. The summed E-state index contributed by atoms with van der Waals surface area (Å²) in [7, 11) is 0. The lowest BCUT2D eigenvalue weighted by atomic mass is 10.0. The summed E-state index contributed by atoms with van der Waals surface area (Å²) in [5.41, 5.74) is 0. The van der Waals surface area contributed by atoms with Crippen LogP contribution in [0, 0.1) is 0 Å². The quantitative estimate of drug-likeness (QED) is 0.160. The third-order valence-corrected chi connectivity index (χ3v) is 6.12. The third-order valence-electron chi connectivity index (χ3n) is 6.12. The van der Waals surface area contributed by atoms with E-state index in [1.54, 1.807) is 0 Å². The molecule has 0 bridgehead atoms. The molecule has 0 unspecified atom stereocenters. The molecule has 0 aliphatic heterocycles. The van der Waals surface area contributed by atoms with Gasteiger partial charge >= 0.3 is 0 Å². The minimum atomic E-state index is -0.647. The summed E-state index contributed by atoms with van der Waals surface area (Å²) in [6.45, 7) is 4.25. The van der Waals surface area contributed by atoms with Gasteiger partial charge in [-0.05, 0) is 12.8 Å². The van der Waals surface area contributed by atoms with Crippen molar-refractivity contribution >= 4 is 5.91 Å². The zero-order valence-corrected chi connectivity index (χ0v) is 20.3. The molecule has 0 radical (unpaired) electrons. The summed E-state index contributed by atoms with van der Waals surface area (Å²) < 4.78 is 0. The number of nitrogens with one attached hydrogen (secondary N) is 1. The molecular formula is C26H53NO3. The molecular weight excluding hydrogens is 374 g/mol. The number of hydrogen-bond acceptors (Lipinski definition) is 3. The first-order valence-corrected chi connectivity index (χ1v) is 13.2. The van der Waals surface area contributed by atoms with Gasteiger partial charge in [0, 0.05) is 6.42 Å². The molecule has 0 aromatic rings. The molecule has 0 fully saturated rings. The van der Waals surface area contributed by atoms with Gasteiger partial charge in [0.15, 0.2) is 0 Å². The first kappa shape index (κ1) is 29.4. The molecule has 0 spiro atoms. The highest BCUT2D eigenvalue weighted by atomic mass is 16.3. The van der Waals surface area contributed by atoms with E-state index in [4.69, 9.17) is 0 Å². The number of unbranched alkanes of at least 4 members (excludes halogenated alkanes) is 16. The fourth-order valence-electron chi connectivity index (χ4n) is 4.00. The molecule has 0 saturated carbocycles. The Balaban J connectivity index is 3.57. The summed E-state index contributed by atoms with van der Waals surface area (Å²) in [5, 5.41) is 22.6. The van der Waals surface area contributed by atoms with E-state index in [2.05, 4.69) is 19.2 Å². The number of aliphatic hydroxyl groups excluding tert-OH is 2. The topological polar surface area (TPSA) is 69.6 Å². The van der Waals surface area contributed by atoms with E-state index in [-0.39, 0.29) is 12.5 Å². The molecule has 0 heterocycles. The van der Waals surface area contributed by atoms with E-state index in [0.717, 1.165) is 25.7 Å². The van der Waals surface area contributed by atoms with Gasteiger partial charge in [-0.2, -0.15) is 0 Å². The van der Waals surface area contributed by atoms with E-state index in [1.807, 2.05) is 0 Å². The van der Waals surface area contributed by atoms with E-state index in [1.165, 1.54) is 89.9 Å². The van der Waals surface area contributed by atoms with Crippen LogP contribution in [0.25, 0.3) is 0 Å². The maximum atomic E-state index is 12.0. The Bertz CT molecular complexity index is 362. The number of hydrogen-bond donors (Lipinski definition) is 3. The van der Waals surface area contributed by atoms with Crippen LogP contribution in [-0.4, -0.2) is 34.9 Å². The maximum absolute atomic E-state index is 12.0. The fourth-order valence-corrected chi connectivity index (χ4v) is 4.00. The molecule has 0 rings (SSSR count). The average molecular weight is 428 g/mol. The van der Waals surface area contributed by atoms with Crippen LogP contribution in [0.15, 0.2) is 0 Å². The highest BCUT2D eigenvalue weighted by Crippen LogP contribution is 2.14. The van der Waals surface area contributed by atoms with Gasteiger partial charge in [-0.1, -0.05) is 123 Å². The van der Waals surface area contributed by atoms with Crippen molar-refractivity contribution in [3.8, 4) is 0 Å². The van der Waals surface area contributed by atoms with Crippen LogP contribution in [0.1, 0.15) is 142 Å². The van der Waals surface area contributed by atoms with Crippen LogP contribution in [-0.2, 0) is 4.79 Å². The molecule has 0 aliphatic rings. The second-order valence-electron chi connectivity index (χ2n) is 9.12. The second kappa shape index (κ2) is 23.1. The van der Waals surface area contributed by atoms with Gasteiger partial charge in [0.25, 0.3) is 0 Å². The number of carbonyl (C=O) groups excluding carboxylic acids is 1. The van der Waals surface area contributed by atoms with Crippen molar-refractivity contribution in [1.82, 2.24) is 5.32 Å². The van der Waals surface area contributed by atoms with Crippen LogP contribution in [0.5, 0.6) is 0 Å². The van der Waals surface area contributed by atoms with Gasteiger partial charge in [-0.3, -0.25) is 4.79 Å². The van der Waals surface area contributed by atoms with Gasteiger partial charge in [0.05, 0.1) is 18.8 Å². The Hall–Kier alpha value is -0.610. The molecule has 3 N–H and O–H groups in total. The van der Waals surface area contributed by atoms with E-state index in [0.29, 0.717) is 12.8 Å². The Kier molecular flexibility index (Phi) is 22.6. The van der Waals surface area contributed by atoms with Gasteiger partial charge < -0.3 is 15.5 Å². The van der Waals surface area contributed by atoms with Crippen LogP contribution in [0.4, 0.5) is 0 Å². The van der Waals surface area contributed by atoms with E-state index in [9.17, 15) is 15.0 Å². The highest BCUT2D eigenvalue weighted by Gasteiger charge is 2.19. The van der Waals surface area contributed by atoms with Crippen LogP contribution < -0.4 is 5.32 Å². The summed E-state index contributed by atoms with van der Waals surface area (Å²) in [6, 6.07) is -0.523. The first-order valence-electron chi connectivity index (χ1n) is 13.2. The lowest BCUT2D eigenvalue weighted by molar-refractivity contribution is -0.123. The van der Waals surface area contributed by atoms with Gasteiger partial charge in [-0.15, -0.1) is 0 Å². The Morgan fingerprint density at radius 3 is 1.50 bits per heavy atom. The molecule has 30 heavy (non-hydrogen) atoms. The summed E-state index contributed by atoms with van der Waals surface area (Å²) in [6.07, 6.45) is 23.0. The molecule has 180 valence electrons. The summed E-state index contributed by atoms with van der Waals surface area (Å²) in [4.78, 5) is 12.0. The number of rotatable bonds is 23. The smallest absolute Gasteiger partial charge is 0.220 e. The van der Waals surface area contributed by atoms with Crippen molar-refractivity contribution in [1.29, 1.82) is 0 Å². The number of amides is 1. The van der Waals surface area contributed by atoms with E-state index < -0.39 is 12.1 Å². The zero-order valence-electron chi connectivity index (χ0n) is 20.3. The Morgan fingerprint density at radius 1 is 0.667 bits per heavy atom. The highest BCUT2D eigenvalue weighted by molar-refractivity contribution is 5.76. The van der Waals surface area contributed by atoms with Crippen molar-refractivity contribution in [3.63, 3.8) is 0 Å². The molecule has 1 amide bonds. The van der Waals surface area contributed by atoms with Gasteiger partial charge in [-0.25, -0.2) is 0 Å². The molecule has 0 aliphatic carbocycles. The number of aliphatic hydroxyl groups is 2. The molecule has 0 aromatic carbocycles. The molecule has 2 atom stereocenters. The van der Waals surface area contributed by atoms with Crippen LogP contribution in [0.3, 0.4) is 0 Å². The van der Waals surface area contributed by atoms with Crippen molar-refractivity contribution in [2.24, 2.45) is 0 Å². The largest absolute Gasteiger partial charge is 0.394 e. The summed E-state index contributed by atoms with van der Waals surface area (Å²) in [5.74, 6) is -0.0463. The van der Waals surface area contributed by atoms with Crippen molar-refractivity contribution in [2.75, 3.05) is 6.61 Å². The average Bonchev–Trinajstić information content (AvgIpc) is 2.75. The standard InChI is InChI=1S/C26H53NO3/c1-3-5-7-9-10-11-12-13-14-15-16-18-19-21-25(29)24(23-28)27-26(30)22-20-17-8-6-4-2/h24-25,28-29H,3-23H2,1-2H3,(H,27,30)/t24-,25+/m1/s1. The van der Waals surface area contributed by atoms with Gasteiger partial charge in [0.2, 0.25) is 5.91 Å². The first-order chi connectivity index (χ1) is 14.7. The minimum Gasteiger partial charge on any atom is -0.394 e. The van der Waals surface area contributed by atoms with Gasteiger partial charge in [0.1, 0.15) is 0 Å². The predicted octanol–water partition coefficient (Wildman–Crippen LogP) is 6.67. The molecule has 4 heteroatoms. The van der Waals surface area contributed by atoms with Crippen LogP contribution >= 0.6 is 0 Å². The monoisotopic (exact) mass is 427 g/mol. The second-order valence-corrected chi connectivity index (χ2v) is 9.12. The third kappa shape index (κ3) is 19.4.